The van der Waals surface area contributed by atoms with Gasteiger partial charge in [0.05, 0.1) is 32.0 Å². The van der Waals surface area contributed by atoms with Crippen LogP contribution in [0.2, 0.25) is 18.1 Å². The standard InChI is InChI=1S/C20H33NO8Si/c1-16-15-17(7-8-18(16)29-30(5,6)20(2,3)4)19(22)27-13-11-25-9-10-26-12-14-28-21(23)24/h7-8,15H,9-14H2,1-6H3. The van der Waals surface area contributed by atoms with Crippen LogP contribution in [-0.4, -0.2) is 59.0 Å². The molecule has 1 rings (SSSR count). The molecule has 0 aliphatic rings. The van der Waals surface area contributed by atoms with Gasteiger partial charge in [-0.05, 0) is 48.8 Å². The highest BCUT2D eigenvalue weighted by Gasteiger charge is 2.39. The van der Waals surface area contributed by atoms with Crippen LogP contribution in [0, 0.1) is 17.0 Å². The topological polar surface area (TPSA) is 106 Å². The minimum atomic E-state index is -1.95. The molecule has 0 heterocycles. The average molecular weight is 444 g/mol. The Kier molecular flexibility index (Phi) is 10.2. The van der Waals surface area contributed by atoms with E-state index in [1.165, 1.54) is 0 Å². The van der Waals surface area contributed by atoms with Crippen LogP contribution in [0.1, 0.15) is 36.7 Å². The van der Waals surface area contributed by atoms with E-state index in [4.69, 9.17) is 18.6 Å². The van der Waals surface area contributed by atoms with Gasteiger partial charge in [-0.3, -0.25) is 0 Å². The van der Waals surface area contributed by atoms with Gasteiger partial charge in [0.1, 0.15) is 19.0 Å². The lowest BCUT2D eigenvalue weighted by atomic mass is 10.1. The lowest BCUT2D eigenvalue weighted by molar-refractivity contribution is -0.758. The first kappa shape index (κ1) is 25.9. The molecule has 1 aromatic rings. The summed E-state index contributed by atoms with van der Waals surface area (Å²) in [4.78, 5) is 26.3. The number of esters is 1. The van der Waals surface area contributed by atoms with Crippen molar-refractivity contribution in [2.45, 2.75) is 45.8 Å². The highest BCUT2D eigenvalue weighted by atomic mass is 28.4. The van der Waals surface area contributed by atoms with Crippen LogP contribution < -0.4 is 4.43 Å². The van der Waals surface area contributed by atoms with Gasteiger partial charge in [-0.1, -0.05) is 20.8 Å². The third-order valence-corrected chi connectivity index (χ3v) is 9.18. The zero-order valence-corrected chi connectivity index (χ0v) is 19.7. The number of carbonyl (C=O) groups excluding carboxylic acids is 1. The molecule has 0 aliphatic carbocycles. The number of rotatable bonds is 13. The van der Waals surface area contributed by atoms with Crippen molar-refractivity contribution < 1.29 is 33.4 Å². The second kappa shape index (κ2) is 11.9. The summed E-state index contributed by atoms with van der Waals surface area (Å²) in [5.41, 5.74) is 1.35. The normalized spacial score (nSPS) is 11.8. The first-order valence-electron chi connectivity index (χ1n) is 9.83. The number of ether oxygens (including phenoxy) is 3. The molecule has 0 N–H and O–H groups in total. The van der Waals surface area contributed by atoms with E-state index in [0.29, 0.717) is 5.56 Å². The van der Waals surface area contributed by atoms with Crippen molar-refractivity contribution in [1.29, 1.82) is 0 Å². The lowest BCUT2D eigenvalue weighted by Gasteiger charge is -2.37. The third kappa shape index (κ3) is 9.10. The molecule has 10 heteroatoms. The Hall–Kier alpha value is -2.17. The van der Waals surface area contributed by atoms with Gasteiger partial charge in [0.15, 0.2) is 0 Å². The smallest absolute Gasteiger partial charge is 0.338 e. The molecule has 30 heavy (non-hydrogen) atoms. The van der Waals surface area contributed by atoms with Crippen LogP contribution in [0.4, 0.5) is 0 Å². The average Bonchev–Trinajstić information content (AvgIpc) is 2.63. The van der Waals surface area contributed by atoms with E-state index >= 15 is 0 Å². The Bertz CT molecular complexity index is 703. The van der Waals surface area contributed by atoms with Crippen LogP contribution in [-0.2, 0) is 19.0 Å². The van der Waals surface area contributed by atoms with Crippen molar-refractivity contribution in [3.05, 3.63) is 39.4 Å². The van der Waals surface area contributed by atoms with Crippen molar-refractivity contribution in [3.8, 4) is 5.75 Å². The number of benzene rings is 1. The van der Waals surface area contributed by atoms with E-state index < -0.39 is 19.4 Å². The number of nitrogens with zero attached hydrogens (tertiary/aromatic N) is 1. The fourth-order valence-electron chi connectivity index (χ4n) is 2.09. The summed E-state index contributed by atoms with van der Waals surface area (Å²) < 4.78 is 21.9. The van der Waals surface area contributed by atoms with Gasteiger partial charge < -0.3 is 23.5 Å². The third-order valence-electron chi connectivity index (χ3n) is 4.84. The van der Waals surface area contributed by atoms with Gasteiger partial charge in [0.25, 0.3) is 5.09 Å². The van der Waals surface area contributed by atoms with Crippen LogP contribution >= 0.6 is 0 Å². The first-order chi connectivity index (χ1) is 13.9. The van der Waals surface area contributed by atoms with Crippen LogP contribution in [0.25, 0.3) is 0 Å². The molecule has 0 amide bonds. The summed E-state index contributed by atoms with van der Waals surface area (Å²) >= 11 is 0. The number of hydrogen-bond acceptors (Lipinski definition) is 8. The number of carbonyl (C=O) groups is 1. The minimum absolute atomic E-state index is 0.0882. The van der Waals surface area contributed by atoms with E-state index in [-0.39, 0.29) is 44.7 Å². The molecule has 1 aromatic carbocycles. The molecular formula is C20H33NO8Si. The van der Waals surface area contributed by atoms with Crippen molar-refractivity contribution in [3.63, 3.8) is 0 Å². The first-order valence-corrected chi connectivity index (χ1v) is 12.7. The molecule has 0 spiro atoms. The van der Waals surface area contributed by atoms with Gasteiger partial charge in [-0.25, -0.2) is 4.79 Å². The van der Waals surface area contributed by atoms with Crippen LogP contribution in [0.15, 0.2) is 18.2 Å². The van der Waals surface area contributed by atoms with E-state index in [2.05, 4.69) is 38.7 Å². The lowest BCUT2D eigenvalue weighted by Crippen LogP contribution is -2.44. The Morgan fingerprint density at radius 2 is 1.60 bits per heavy atom. The maximum Gasteiger partial charge on any atom is 0.338 e. The van der Waals surface area contributed by atoms with Gasteiger partial charge in [0.2, 0.25) is 8.32 Å². The highest BCUT2D eigenvalue weighted by Crippen LogP contribution is 2.38. The molecule has 0 radical (unpaired) electrons. The minimum Gasteiger partial charge on any atom is -0.543 e. The predicted molar refractivity (Wildman–Crippen MR) is 114 cm³/mol. The van der Waals surface area contributed by atoms with Gasteiger partial charge in [-0.2, -0.15) is 0 Å². The van der Waals surface area contributed by atoms with E-state index in [9.17, 15) is 14.9 Å². The Morgan fingerprint density at radius 1 is 1.03 bits per heavy atom. The second-order valence-electron chi connectivity index (χ2n) is 8.26. The van der Waals surface area contributed by atoms with Crippen LogP contribution in [0.3, 0.4) is 0 Å². The predicted octanol–water partition coefficient (Wildman–Crippen LogP) is 3.78. The summed E-state index contributed by atoms with van der Waals surface area (Å²) in [5, 5.41) is 9.16. The maximum absolute atomic E-state index is 12.2. The molecule has 0 bridgehead atoms. The molecule has 0 unspecified atom stereocenters. The molecular weight excluding hydrogens is 410 g/mol. The van der Waals surface area contributed by atoms with E-state index in [1.54, 1.807) is 12.1 Å². The van der Waals surface area contributed by atoms with Crippen molar-refractivity contribution in [1.82, 2.24) is 0 Å². The molecule has 0 fully saturated rings. The molecule has 0 atom stereocenters. The molecule has 0 saturated carbocycles. The van der Waals surface area contributed by atoms with E-state index in [1.807, 2.05) is 13.0 Å². The van der Waals surface area contributed by atoms with Crippen LogP contribution in [0.5, 0.6) is 5.75 Å². The van der Waals surface area contributed by atoms with Crippen molar-refractivity contribution in [2.75, 3.05) is 39.6 Å². The molecule has 9 nitrogen and oxygen atoms in total. The monoisotopic (exact) mass is 443 g/mol. The highest BCUT2D eigenvalue weighted by molar-refractivity contribution is 6.74. The summed E-state index contributed by atoms with van der Waals surface area (Å²) in [5.74, 6) is 0.374. The summed E-state index contributed by atoms with van der Waals surface area (Å²) in [6.45, 7) is 13.7. The quantitative estimate of drug-likeness (QED) is 0.149. The van der Waals surface area contributed by atoms with Gasteiger partial charge in [0, 0.05) is 0 Å². The van der Waals surface area contributed by atoms with E-state index in [0.717, 1.165) is 11.3 Å². The largest absolute Gasteiger partial charge is 0.543 e. The fourth-order valence-corrected chi connectivity index (χ4v) is 3.17. The molecule has 0 aromatic heterocycles. The Morgan fingerprint density at radius 3 is 2.13 bits per heavy atom. The molecule has 0 saturated heterocycles. The maximum atomic E-state index is 12.2. The Labute approximate surface area is 178 Å². The SMILES string of the molecule is Cc1cc(C(=O)OCCOCCOCCO[N+](=O)[O-])ccc1O[Si](C)(C)C(C)(C)C. The number of aryl methyl sites for hydroxylation is 1. The second-order valence-corrected chi connectivity index (χ2v) is 13.0. The summed E-state index contributed by atoms with van der Waals surface area (Å²) in [6.07, 6.45) is 0. The van der Waals surface area contributed by atoms with Crippen molar-refractivity contribution in [2.24, 2.45) is 0 Å². The molecule has 0 aliphatic heterocycles. The molecule has 170 valence electrons. The zero-order chi connectivity index (χ0) is 22.8. The number of hydrogen-bond donors (Lipinski definition) is 0. The van der Waals surface area contributed by atoms with Crippen molar-refractivity contribution >= 4 is 14.3 Å². The fraction of sp³-hybridized carbons (Fsp3) is 0.650. The summed E-state index contributed by atoms with van der Waals surface area (Å²) in [7, 11) is -1.95. The summed E-state index contributed by atoms with van der Waals surface area (Å²) in [6, 6.07) is 5.30. The van der Waals surface area contributed by atoms with Gasteiger partial charge >= 0.3 is 5.97 Å². The van der Waals surface area contributed by atoms with Gasteiger partial charge in [-0.15, -0.1) is 10.1 Å². The Balaban J connectivity index is 2.33. The zero-order valence-electron chi connectivity index (χ0n) is 18.7.